The summed E-state index contributed by atoms with van der Waals surface area (Å²) in [4.78, 5) is 27.6. The zero-order valence-electron chi connectivity index (χ0n) is 13.0. The van der Waals surface area contributed by atoms with Crippen LogP contribution in [-0.2, 0) is 16.1 Å². The molecule has 2 heterocycles. The van der Waals surface area contributed by atoms with E-state index < -0.39 is 0 Å². The van der Waals surface area contributed by atoms with Crippen LogP contribution >= 0.6 is 11.3 Å². The van der Waals surface area contributed by atoms with E-state index in [1.807, 2.05) is 9.80 Å². The second-order valence-corrected chi connectivity index (χ2v) is 7.17. The molecule has 2 amide bonds. The number of thiophene rings is 1. The molecule has 0 bridgehead atoms. The van der Waals surface area contributed by atoms with Crippen molar-refractivity contribution in [2.24, 2.45) is 5.41 Å². The Morgan fingerprint density at radius 1 is 1.50 bits per heavy atom. The molecule has 1 atom stereocenters. The minimum absolute atomic E-state index is 0.0220. The molecule has 22 heavy (non-hydrogen) atoms. The summed E-state index contributed by atoms with van der Waals surface area (Å²) in [6.45, 7) is 7.49. The third-order valence-electron chi connectivity index (χ3n) is 5.11. The van der Waals surface area contributed by atoms with E-state index in [0.29, 0.717) is 12.6 Å². The SMILES string of the molecule is C=CC(=O)N1CCC2(CC1)CC2N(Cc1ccsc1)C(C)=O. The molecule has 5 heteroatoms. The minimum Gasteiger partial charge on any atom is -0.339 e. The molecule has 4 nitrogen and oxygen atoms in total. The number of likely N-dealkylation sites (tertiary alicyclic amines) is 1. The van der Waals surface area contributed by atoms with E-state index in [4.69, 9.17) is 0 Å². The molecule has 1 aliphatic heterocycles. The van der Waals surface area contributed by atoms with Crippen LogP contribution in [0.4, 0.5) is 0 Å². The van der Waals surface area contributed by atoms with Gasteiger partial charge in [-0.1, -0.05) is 6.58 Å². The van der Waals surface area contributed by atoms with Crippen LogP contribution in [0.5, 0.6) is 0 Å². The van der Waals surface area contributed by atoms with Gasteiger partial charge < -0.3 is 9.80 Å². The lowest BCUT2D eigenvalue weighted by molar-refractivity contribution is -0.132. The van der Waals surface area contributed by atoms with Gasteiger partial charge in [-0.15, -0.1) is 0 Å². The zero-order chi connectivity index (χ0) is 15.7. The van der Waals surface area contributed by atoms with Gasteiger partial charge in [-0.2, -0.15) is 11.3 Å². The van der Waals surface area contributed by atoms with Crippen molar-refractivity contribution in [2.45, 2.75) is 38.8 Å². The molecule has 0 N–H and O–H groups in total. The van der Waals surface area contributed by atoms with E-state index in [-0.39, 0.29) is 17.2 Å². The molecule has 1 spiro atoms. The monoisotopic (exact) mass is 318 g/mol. The maximum atomic E-state index is 12.0. The average Bonchev–Trinajstić information content (AvgIpc) is 2.96. The van der Waals surface area contributed by atoms with Crippen molar-refractivity contribution in [2.75, 3.05) is 13.1 Å². The van der Waals surface area contributed by atoms with Crippen LogP contribution in [0.2, 0.25) is 0 Å². The molecule has 0 aromatic carbocycles. The highest BCUT2D eigenvalue weighted by Gasteiger charge is 2.58. The first-order chi connectivity index (χ1) is 10.6. The predicted octanol–water partition coefficient (Wildman–Crippen LogP) is 2.66. The largest absolute Gasteiger partial charge is 0.339 e. The van der Waals surface area contributed by atoms with E-state index >= 15 is 0 Å². The van der Waals surface area contributed by atoms with Gasteiger partial charge in [0.05, 0.1) is 0 Å². The van der Waals surface area contributed by atoms with Gasteiger partial charge in [0, 0.05) is 32.6 Å². The number of nitrogens with zero attached hydrogens (tertiary/aromatic N) is 2. The van der Waals surface area contributed by atoms with Gasteiger partial charge in [-0.3, -0.25) is 9.59 Å². The first-order valence-electron chi connectivity index (χ1n) is 7.75. The van der Waals surface area contributed by atoms with Crippen molar-refractivity contribution in [3.8, 4) is 0 Å². The summed E-state index contributed by atoms with van der Waals surface area (Å²) in [6.07, 6.45) is 4.45. The van der Waals surface area contributed by atoms with Gasteiger partial charge in [0.2, 0.25) is 11.8 Å². The first kappa shape index (κ1) is 15.3. The van der Waals surface area contributed by atoms with Crippen LogP contribution < -0.4 is 0 Å². The molecule has 2 aliphatic rings. The summed E-state index contributed by atoms with van der Waals surface area (Å²) >= 11 is 1.67. The number of rotatable bonds is 4. The fourth-order valence-corrected chi connectivity index (χ4v) is 4.29. The molecule has 1 saturated heterocycles. The summed E-state index contributed by atoms with van der Waals surface area (Å²) < 4.78 is 0. The standard InChI is InChI=1S/C17H22N2O2S/c1-3-16(21)18-7-5-17(6-8-18)10-15(17)19(13(2)20)11-14-4-9-22-12-14/h3-4,9,12,15H,1,5-8,10-11H2,2H3. The van der Waals surface area contributed by atoms with Gasteiger partial charge in [-0.05, 0) is 53.1 Å². The molecule has 1 saturated carbocycles. The molecule has 1 unspecified atom stereocenters. The predicted molar refractivity (Wildman–Crippen MR) is 87.4 cm³/mol. The molecular weight excluding hydrogens is 296 g/mol. The minimum atomic E-state index is 0.0220. The Labute approximate surface area is 135 Å². The van der Waals surface area contributed by atoms with Gasteiger partial charge in [0.25, 0.3) is 0 Å². The number of carbonyl (C=O) groups excluding carboxylic acids is 2. The first-order valence-corrected chi connectivity index (χ1v) is 8.70. The molecule has 3 rings (SSSR count). The fraction of sp³-hybridized carbons (Fsp3) is 0.529. The Morgan fingerprint density at radius 2 is 2.23 bits per heavy atom. The Kier molecular flexibility index (Phi) is 4.08. The normalized spacial score (nSPS) is 22.4. The lowest BCUT2D eigenvalue weighted by Gasteiger charge is -2.34. The molecule has 1 aliphatic carbocycles. The Bertz CT molecular complexity index is 573. The average molecular weight is 318 g/mol. The third-order valence-corrected chi connectivity index (χ3v) is 5.84. The summed E-state index contributed by atoms with van der Waals surface area (Å²) in [5.74, 6) is 0.173. The maximum absolute atomic E-state index is 12.0. The van der Waals surface area contributed by atoms with E-state index in [1.165, 1.54) is 11.6 Å². The Morgan fingerprint density at radius 3 is 2.77 bits per heavy atom. The van der Waals surface area contributed by atoms with Crippen molar-refractivity contribution in [3.63, 3.8) is 0 Å². The Balaban J connectivity index is 1.63. The van der Waals surface area contributed by atoms with Crippen LogP contribution in [0.25, 0.3) is 0 Å². The van der Waals surface area contributed by atoms with Crippen molar-refractivity contribution < 1.29 is 9.59 Å². The molecule has 0 radical (unpaired) electrons. The van der Waals surface area contributed by atoms with Gasteiger partial charge >= 0.3 is 0 Å². The van der Waals surface area contributed by atoms with Gasteiger partial charge in [0.15, 0.2) is 0 Å². The number of hydrogen-bond acceptors (Lipinski definition) is 3. The molecule has 2 fully saturated rings. The van der Waals surface area contributed by atoms with Gasteiger partial charge in [-0.25, -0.2) is 0 Å². The van der Waals surface area contributed by atoms with E-state index in [0.717, 1.165) is 32.4 Å². The molecule has 1 aromatic rings. The number of piperidine rings is 1. The summed E-state index contributed by atoms with van der Waals surface area (Å²) in [5, 5.41) is 4.16. The van der Waals surface area contributed by atoms with Crippen molar-refractivity contribution in [1.82, 2.24) is 9.80 Å². The fourth-order valence-electron chi connectivity index (χ4n) is 3.63. The van der Waals surface area contributed by atoms with Crippen molar-refractivity contribution in [1.29, 1.82) is 0 Å². The smallest absolute Gasteiger partial charge is 0.245 e. The number of amides is 2. The lowest BCUT2D eigenvalue weighted by atomic mass is 9.92. The highest BCUT2D eigenvalue weighted by Crippen LogP contribution is 2.57. The van der Waals surface area contributed by atoms with Crippen molar-refractivity contribution in [3.05, 3.63) is 35.0 Å². The zero-order valence-corrected chi connectivity index (χ0v) is 13.8. The van der Waals surface area contributed by atoms with Crippen LogP contribution in [0.3, 0.4) is 0 Å². The molecule has 1 aromatic heterocycles. The number of carbonyl (C=O) groups is 2. The lowest BCUT2D eigenvalue weighted by Crippen LogP contribution is -2.41. The third kappa shape index (κ3) is 2.82. The summed E-state index contributed by atoms with van der Waals surface area (Å²) in [6, 6.07) is 2.42. The van der Waals surface area contributed by atoms with Crippen LogP contribution in [-0.4, -0.2) is 40.7 Å². The van der Waals surface area contributed by atoms with E-state index in [1.54, 1.807) is 18.3 Å². The molecule has 118 valence electrons. The van der Waals surface area contributed by atoms with E-state index in [9.17, 15) is 9.59 Å². The van der Waals surface area contributed by atoms with Gasteiger partial charge in [0.1, 0.15) is 0 Å². The highest BCUT2D eigenvalue weighted by molar-refractivity contribution is 7.07. The van der Waals surface area contributed by atoms with Crippen molar-refractivity contribution >= 4 is 23.2 Å². The second kappa shape index (κ2) is 5.88. The maximum Gasteiger partial charge on any atom is 0.245 e. The highest BCUT2D eigenvalue weighted by atomic mass is 32.1. The summed E-state index contributed by atoms with van der Waals surface area (Å²) in [5.41, 5.74) is 1.45. The van der Waals surface area contributed by atoms with Crippen LogP contribution in [0, 0.1) is 5.41 Å². The topological polar surface area (TPSA) is 40.6 Å². The second-order valence-electron chi connectivity index (χ2n) is 6.39. The Hall–Kier alpha value is -1.62. The number of hydrogen-bond donors (Lipinski definition) is 0. The quantitative estimate of drug-likeness (QED) is 0.801. The van der Waals surface area contributed by atoms with Crippen LogP contribution in [0.1, 0.15) is 31.7 Å². The molecular formula is C17H22N2O2S. The summed E-state index contributed by atoms with van der Waals surface area (Å²) in [7, 11) is 0. The van der Waals surface area contributed by atoms with E-state index in [2.05, 4.69) is 23.4 Å². The van der Waals surface area contributed by atoms with Crippen LogP contribution in [0.15, 0.2) is 29.5 Å².